The van der Waals surface area contributed by atoms with Crippen LogP contribution in [-0.4, -0.2) is 31.0 Å². The smallest absolute Gasteiger partial charge is 0.287 e. The predicted molar refractivity (Wildman–Crippen MR) is 109 cm³/mol. The number of hydrogen-bond acceptors (Lipinski definition) is 4. The Labute approximate surface area is 179 Å². The number of nitrogens with zero attached hydrogens (tertiary/aromatic N) is 2. The number of nitrogens with one attached hydrogen (secondary N) is 1. The quantitative estimate of drug-likeness (QED) is 0.432. The summed E-state index contributed by atoms with van der Waals surface area (Å²) in [6.45, 7) is 0.148. The predicted octanol–water partition coefficient (Wildman–Crippen LogP) is 3.81. The lowest BCUT2D eigenvalue weighted by Crippen LogP contribution is -2.25. The maximum absolute atomic E-state index is 14.7. The highest BCUT2D eigenvalue weighted by atomic mass is 35.5. The third-order valence-electron chi connectivity index (χ3n) is 4.39. The molecule has 1 heterocycles. The molecule has 0 saturated heterocycles. The van der Waals surface area contributed by atoms with Crippen LogP contribution in [-0.2, 0) is 22.7 Å². The molecule has 0 atom stereocenters. The van der Waals surface area contributed by atoms with Crippen LogP contribution in [0.4, 0.5) is 17.6 Å². The van der Waals surface area contributed by atoms with Gasteiger partial charge in [-0.3, -0.25) is 9.48 Å². The van der Waals surface area contributed by atoms with Crippen molar-refractivity contribution in [3.05, 3.63) is 63.0 Å². The van der Waals surface area contributed by atoms with Gasteiger partial charge in [0.2, 0.25) is 15.5 Å². The first-order valence-electron chi connectivity index (χ1n) is 8.89. The minimum Gasteiger partial charge on any atom is -0.287 e. The molecule has 0 unspecified atom stereocenters. The van der Waals surface area contributed by atoms with Crippen molar-refractivity contribution in [3.63, 3.8) is 0 Å². The van der Waals surface area contributed by atoms with E-state index >= 15 is 0 Å². The lowest BCUT2D eigenvalue weighted by atomic mass is 10.0. The second-order valence-electron chi connectivity index (χ2n) is 6.75. The molecule has 0 aliphatic heterocycles. The van der Waals surface area contributed by atoms with Gasteiger partial charge in [-0.2, -0.15) is 18.3 Å². The molecule has 6 nitrogen and oxygen atoms in total. The van der Waals surface area contributed by atoms with E-state index in [9.17, 15) is 30.8 Å². The van der Waals surface area contributed by atoms with Crippen LogP contribution in [0.2, 0.25) is 5.02 Å². The third-order valence-corrected chi connectivity index (χ3v) is 5.35. The Hall–Kier alpha value is -2.50. The van der Waals surface area contributed by atoms with Gasteiger partial charge >= 0.3 is 6.18 Å². The Balaban J connectivity index is 2.15. The fraction of sp³-hybridized carbons (Fsp3) is 0.263. The number of sulfonamides is 1. The summed E-state index contributed by atoms with van der Waals surface area (Å²) >= 11 is 6.00. The first-order valence-corrected chi connectivity index (χ1v) is 11.2. The van der Waals surface area contributed by atoms with E-state index in [-0.39, 0.29) is 35.4 Å². The van der Waals surface area contributed by atoms with Gasteiger partial charge in [0, 0.05) is 29.1 Å². The fourth-order valence-electron chi connectivity index (χ4n) is 3.02. The lowest BCUT2D eigenvalue weighted by Gasteiger charge is -2.14. The van der Waals surface area contributed by atoms with Crippen molar-refractivity contribution < 1.29 is 26.0 Å². The average Bonchev–Trinajstić information content (AvgIpc) is 2.65. The van der Waals surface area contributed by atoms with Crippen LogP contribution in [0.1, 0.15) is 12.0 Å². The Morgan fingerprint density at radius 1 is 1.19 bits per heavy atom. The molecular weight excluding hydrogens is 462 g/mol. The SMILES string of the molecule is CS(=O)(=O)NCCCn1nc(-c2cccc(C(F)(F)F)c2F)c(=O)c2ccc(Cl)cc21. The molecule has 166 valence electrons. The fourth-order valence-corrected chi connectivity index (χ4v) is 3.71. The van der Waals surface area contributed by atoms with Crippen LogP contribution < -0.4 is 10.2 Å². The largest absolute Gasteiger partial charge is 0.419 e. The van der Waals surface area contributed by atoms with Gasteiger partial charge < -0.3 is 0 Å². The molecule has 0 bridgehead atoms. The summed E-state index contributed by atoms with van der Waals surface area (Å²) in [6.07, 6.45) is -3.70. The van der Waals surface area contributed by atoms with E-state index in [1.165, 1.54) is 22.9 Å². The van der Waals surface area contributed by atoms with Crippen molar-refractivity contribution in [2.75, 3.05) is 12.8 Å². The number of rotatable bonds is 6. The maximum Gasteiger partial charge on any atom is 0.419 e. The molecule has 0 spiro atoms. The van der Waals surface area contributed by atoms with Crippen LogP contribution in [0.15, 0.2) is 41.2 Å². The normalized spacial score (nSPS) is 12.5. The summed E-state index contributed by atoms with van der Waals surface area (Å²) in [6, 6.07) is 6.87. The zero-order valence-electron chi connectivity index (χ0n) is 16.0. The molecular formula is C19H16ClF4N3O3S. The van der Waals surface area contributed by atoms with Gasteiger partial charge in [0.15, 0.2) is 0 Å². The van der Waals surface area contributed by atoms with E-state index in [4.69, 9.17) is 11.6 Å². The first-order chi connectivity index (χ1) is 14.4. The molecule has 1 N–H and O–H groups in total. The number of hydrogen-bond donors (Lipinski definition) is 1. The number of benzene rings is 2. The monoisotopic (exact) mass is 477 g/mol. The Kier molecular flexibility index (Phi) is 6.40. The molecule has 3 rings (SSSR count). The van der Waals surface area contributed by atoms with Crippen LogP contribution in [0.25, 0.3) is 22.2 Å². The van der Waals surface area contributed by atoms with E-state index in [1.54, 1.807) is 0 Å². The van der Waals surface area contributed by atoms with E-state index in [1.807, 2.05) is 0 Å². The van der Waals surface area contributed by atoms with E-state index < -0.39 is 44.3 Å². The second-order valence-corrected chi connectivity index (χ2v) is 9.02. The van der Waals surface area contributed by atoms with Crippen LogP contribution >= 0.6 is 11.6 Å². The molecule has 31 heavy (non-hydrogen) atoms. The highest BCUT2D eigenvalue weighted by Gasteiger charge is 2.35. The molecule has 0 amide bonds. The first kappa shape index (κ1) is 23.2. The van der Waals surface area contributed by atoms with Crippen LogP contribution in [0, 0.1) is 5.82 Å². The highest BCUT2D eigenvalue weighted by Crippen LogP contribution is 2.34. The van der Waals surface area contributed by atoms with Crippen molar-refractivity contribution in [2.45, 2.75) is 19.1 Å². The van der Waals surface area contributed by atoms with E-state index in [0.29, 0.717) is 6.07 Å². The second kappa shape index (κ2) is 8.56. The Bertz CT molecular complexity index is 1310. The van der Waals surface area contributed by atoms with Crippen LogP contribution in [0.5, 0.6) is 0 Å². The van der Waals surface area contributed by atoms with E-state index in [2.05, 4.69) is 9.82 Å². The highest BCUT2D eigenvalue weighted by molar-refractivity contribution is 7.88. The summed E-state index contributed by atoms with van der Waals surface area (Å²) < 4.78 is 80.0. The van der Waals surface area contributed by atoms with Crippen molar-refractivity contribution in [1.82, 2.24) is 14.5 Å². The molecule has 0 fully saturated rings. The number of fused-ring (bicyclic) bond motifs is 1. The van der Waals surface area contributed by atoms with Gasteiger partial charge in [0.1, 0.15) is 11.5 Å². The van der Waals surface area contributed by atoms with Crippen molar-refractivity contribution in [2.24, 2.45) is 0 Å². The topological polar surface area (TPSA) is 81.1 Å². The molecule has 12 heteroatoms. The van der Waals surface area contributed by atoms with Gasteiger partial charge in [-0.25, -0.2) is 17.5 Å². The number of halogens is 5. The minimum absolute atomic E-state index is 0.0575. The van der Waals surface area contributed by atoms with E-state index in [0.717, 1.165) is 18.4 Å². The summed E-state index contributed by atoms with van der Waals surface area (Å²) in [5.74, 6) is -1.60. The average molecular weight is 478 g/mol. The molecule has 0 radical (unpaired) electrons. The van der Waals surface area contributed by atoms with Crippen molar-refractivity contribution >= 4 is 32.5 Å². The molecule has 1 aromatic heterocycles. The molecule has 0 aliphatic carbocycles. The summed E-state index contributed by atoms with van der Waals surface area (Å²) in [5, 5.41) is 4.46. The number of aryl methyl sites for hydroxylation is 1. The van der Waals surface area contributed by atoms with Gasteiger partial charge in [-0.1, -0.05) is 17.7 Å². The Morgan fingerprint density at radius 3 is 2.55 bits per heavy atom. The summed E-state index contributed by atoms with van der Waals surface area (Å²) in [7, 11) is -3.42. The van der Waals surface area contributed by atoms with Gasteiger partial charge in [-0.05, 0) is 36.8 Å². The van der Waals surface area contributed by atoms with Gasteiger partial charge in [0.05, 0.1) is 17.3 Å². The summed E-state index contributed by atoms with van der Waals surface area (Å²) in [5.41, 5.74) is -3.05. The number of alkyl halides is 3. The van der Waals surface area contributed by atoms with Crippen molar-refractivity contribution in [1.29, 1.82) is 0 Å². The van der Waals surface area contributed by atoms with Crippen LogP contribution in [0.3, 0.4) is 0 Å². The standard InChI is InChI=1S/C19H16ClF4N3O3S/c1-31(29,30)25-8-3-9-27-15-10-11(20)6-7-12(15)18(28)17(26-27)13-4-2-5-14(16(13)21)19(22,23)24/h2,4-7,10,25H,3,8-9H2,1H3. The van der Waals surface area contributed by atoms with Crippen molar-refractivity contribution in [3.8, 4) is 11.3 Å². The molecule has 3 aromatic rings. The zero-order valence-corrected chi connectivity index (χ0v) is 17.6. The van der Waals surface area contributed by atoms with Gasteiger partial charge in [-0.15, -0.1) is 0 Å². The van der Waals surface area contributed by atoms with Gasteiger partial charge in [0.25, 0.3) is 0 Å². The number of aromatic nitrogens is 2. The zero-order chi connectivity index (χ0) is 23.0. The third kappa shape index (κ3) is 5.23. The maximum atomic E-state index is 14.7. The summed E-state index contributed by atoms with van der Waals surface area (Å²) in [4.78, 5) is 12.9. The molecule has 0 aliphatic rings. The Morgan fingerprint density at radius 2 is 1.90 bits per heavy atom. The molecule has 0 saturated carbocycles. The molecule has 2 aromatic carbocycles. The minimum atomic E-state index is -4.94. The lowest BCUT2D eigenvalue weighted by molar-refractivity contribution is -0.139.